The standard InChI is InChI=1S/C8H9N3S/c1-12-6-11-9-7-4-2-3-5-8(7)10-11/h2-5H,6H2,1H3. The normalized spacial score (nSPS) is 10.8. The maximum Gasteiger partial charge on any atom is 0.113 e. The summed E-state index contributed by atoms with van der Waals surface area (Å²) in [7, 11) is 0. The lowest BCUT2D eigenvalue weighted by atomic mass is 10.3. The predicted molar refractivity (Wildman–Crippen MR) is 51.0 cm³/mol. The van der Waals surface area contributed by atoms with Crippen molar-refractivity contribution in [2.45, 2.75) is 5.88 Å². The molecule has 0 aliphatic carbocycles. The summed E-state index contributed by atoms with van der Waals surface area (Å²) in [6.45, 7) is 0. The molecule has 1 aromatic heterocycles. The molecule has 0 aliphatic heterocycles. The Kier molecular flexibility index (Phi) is 1.99. The molecule has 0 bridgehead atoms. The van der Waals surface area contributed by atoms with Crippen LogP contribution in [0, 0.1) is 0 Å². The summed E-state index contributed by atoms with van der Waals surface area (Å²) >= 11 is 1.71. The van der Waals surface area contributed by atoms with Crippen LogP contribution in [-0.4, -0.2) is 21.2 Å². The molecular formula is C8H9N3S. The van der Waals surface area contributed by atoms with Gasteiger partial charge >= 0.3 is 0 Å². The van der Waals surface area contributed by atoms with Crippen LogP contribution < -0.4 is 0 Å². The molecule has 4 heteroatoms. The Bertz CT molecular complexity index is 349. The maximum atomic E-state index is 4.29. The van der Waals surface area contributed by atoms with Crippen molar-refractivity contribution in [3.8, 4) is 0 Å². The van der Waals surface area contributed by atoms with Crippen molar-refractivity contribution in [2.75, 3.05) is 6.26 Å². The summed E-state index contributed by atoms with van der Waals surface area (Å²) in [6.07, 6.45) is 2.04. The van der Waals surface area contributed by atoms with Crippen molar-refractivity contribution in [3.63, 3.8) is 0 Å². The summed E-state index contributed by atoms with van der Waals surface area (Å²) in [5, 5.41) is 8.57. The average molecular weight is 179 g/mol. The molecule has 3 nitrogen and oxygen atoms in total. The molecule has 0 fully saturated rings. The third-order valence-electron chi connectivity index (χ3n) is 1.57. The van der Waals surface area contributed by atoms with Gasteiger partial charge in [-0.25, -0.2) is 0 Å². The molecule has 0 spiro atoms. The first-order valence-electron chi connectivity index (χ1n) is 3.69. The number of aromatic nitrogens is 3. The molecule has 0 saturated heterocycles. The van der Waals surface area contributed by atoms with Crippen LogP contribution >= 0.6 is 11.8 Å². The van der Waals surface area contributed by atoms with Crippen LogP contribution in [0.4, 0.5) is 0 Å². The Morgan fingerprint density at radius 2 is 1.83 bits per heavy atom. The molecule has 0 N–H and O–H groups in total. The zero-order valence-corrected chi connectivity index (χ0v) is 7.58. The SMILES string of the molecule is CSCn1nc2ccccc2n1. The van der Waals surface area contributed by atoms with Gasteiger partial charge in [-0.1, -0.05) is 12.1 Å². The van der Waals surface area contributed by atoms with E-state index in [0.29, 0.717) is 0 Å². The van der Waals surface area contributed by atoms with E-state index in [1.165, 1.54) is 0 Å². The van der Waals surface area contributed by atoms with Gasteiger partial charge in [0.2, 0.25) is 0 Å². The molecule has 0 atom stereocenters. The fourth-order valence-electron chi connectivity index (χ4n) is 1.08. The van der Waals surface area contributed by atoms with Crippen molar-refractivity contribution in [1.82, 2.24) is 15.0 Å². The highest BCUT2D eigenvalue weighted by Crippen LogP contribution is 2.08. The van der Waals surface area contributed by atoms with Gasteiger partial charge in [0.05, 0.1) is 0 Å². The van der Waals surface area contributed by atoms with E-state index in [0.717, 1.165) is 16.9 Å². The van der Waals surface area contributed by atoms with Crippen molar-refractivity contribution in [2.24, 2.45) is 0 Å². The number of nitrogens with zero attached hydrogens (tertiary/aromatic N) is 3. The topological polar surface area (TPSA) is 30.7 Å². The minimum Gasteiger partial charge on any atom is -0.174 e. The van der Waals surface area contributed by atoms with E-state index in [1.807, 2.05) is 30.5 Å². The first-order valence-corrected chi connectivity index (χ1v) is 5.08. The number of benzene rings is 1. The zero-order valence-electron chi connectivity index (χ0n) is 6.77. The highest BCUT2D eigenvalue weighted by Gasteiger charge is 1.98. The van der Waals surface area contributed by atoms with E-state index < -0.39 is 0 Å². The number of rotatable bonds is 2. The van der Waals surface area contributed by atoms with Gasteiger partial charge in [0.15, 0.2) is 0 Å². The van der Waals surface area contributed by atoms with Crippen LogP contribution in [0.15, 0.2) is 24.3 Å². The molecule has 0 amide bonds. The van der Waals surface area contributed by atoms with Crippen LogP contribution in [0.25, 0.3) is 11.0 Å². The van der Waals surface area contributed by atoms with Crippen LogP contribution in [0.5, 0.6) is 0 Å². The predicted octanol–water partition coefficient (Wildman–Crippen LogP) is 1.75. The summed E-state index contributed by atoms with van der Waals surface area (Å²) < 4.78 is 0. The van der Waals surface area contributed by atoms with Gasteiger partial charge in [-0.2, -0.15) is 15.0 Å². The second kappa shape index (κ2) is 3.15. The lowest BCUT2D eigenvalue weighted by Crippen LogP contribution is -1.97. The molecule has 1 aromatic carbocycles. The largest absolute Gasteiger partial charge is 0.174 e. The maximum absolute atomic E-state index is 4.29. The first-order chi connectivity index (χ1) is 5.90. The van der Waals surface area contributed by atoms with Gasteiger partial charge in [-0.15, -0.1) is 11.8 Å². The molecule has 12 heavy (non-hydrogen) atoms. The molecule has 2 aromatic rings. The summed E-state index contributed by atoms with van der Waals surface area (Å²) in [5.41, 5.74) is 1.93. The van der Waals surface area contributed by atoms with E-state index in [-0.39, 0.29) is 0 Å². The van der Waals surface area contributed by atoms with Crippen molar-refractivity contribution in [1.29, 1.82) is 0 Å². The van der Waals surface area contributed by atoms with E-state index in [2.05, 4.69) is 10.2 Å². The monoisotopic (exact) mass is 179 g/mol. The Balaban J connectivity index is 2.47. The van der Waals surface area contributed by atoms with Gasteiger partial charge in [-0.3, -0.25) is 0 Å². The number of fused-ring (bicyclic) bond motifs is 1. The van der Waals surface area contributed by atoms with Crippen LogP contribution in [0.1, 0.15) is 0 Å². The molecule has 1 heterocycles. The quantitative estimate of drug-likeness (QED) is 0.703. The summed E-state index contributed by atoms with van der Waals surface area (Å²) in [4.78, 5) is 1.72. The Hall–Kier alpha value is -1.03. The fourth-order valence-corrected chi connectivity index (χ4v) is 1.42. The number of hydrogen-bond acceptors (Lipinski definition) is 3. The van der Waals surface area contributed by atoms with Crippen LogP contribution in [0.2, 0.25) is 0 Å². The number of hydrogen-bond donors (Lipinski definition) is 0. The molecule has 0 unspecified atom stereocenters. The first kappa shape index (κ1) is 7.61. The van der Waals surface area contributed by atoms with Crippen molar-refractivity contribution in [3.05, 3.63) is 24.3 Å². The second-order valence-corrected chi connectivity index (χ2v) is 3.31. The highest BCUT2D eigenvalue weighted by atomic mass is 32.2. The Morgan fingerprint density at radius 3 is 2.33 bits per heavy atom. The van der Waals surface area contributed by atoms with Crippen LogP contribution in [-0.2, 0) is 5.88 Å². The molecule has 0 aliphatic rings. The summed E-state index contributed by atoms with van der Waals surface area (Å²) in [6, 6.07) is 7.89. The van der Waals surface area contributed by atoms with E-state index in [1.54, 1.807) is 16.6 Å². The van der Waals surface area contributed by atoms with E-state index in [9.17, 15) is 0 Å². The molecule has 62 valence electrons. The van der Waals surface area contributed by atoms with E-state index >= 15 is 0 Å². The van der Waals surface area contributed by atoms with E-state index in [4.69, 9.17) is 0 Å². The van der Waals surface area contributed by atoms with Crippen LogP contribution in [0.3, 0.4) is 0 Å². The smallest absolute Gasteiger partial charge is 0.113 e. The minimum absolute atomic E-state index is 0.814. The zero-order chi connectivity index (χ0) is 8.39. The Labute approximate surface area is 74.8 Å². The molecular weight excluding hydrogens is 170 g/mol. The highest BCUT2D eigenvalue weighted by molar-refractivity contribution is 7.97. The second-order valence-electron chi connectivity index (χ2n) is 2.48. The van der Waals surface area contributed by atoms with Gasteiger partial charge in [0.1, 0.15) is 16.9 Å². The lowest BCUT2D eigenvalue weighted by molar-refractivity contribution is 0.652. The van der Waals surface area contributed by atoms with Crippen molar-refractivity contribution >= 4 is 22.8 Å². The number of thioether (sulfide) groups is 1. The summed E-state index contributed by atoms with van der Waals surface area (Å²) in [5.74, 6) is 0.814. The van der Waals surface area contributed by atoms with Gasteiger partial charge < -0.3 is 0 Å². The molecule has 0 saturated carbocycles. The molecule has 0 radical (unpaired) electrons. The lowest BCUT2D eigenvalue weighted by Gasteiger charge is -1.91. The minimum atomic E-state index is 0.814. The Morgan fingerprint density at radius 1 is 1.25 bits per heavy atom. The van der Waals surface area contributed by atoms with Gasteiger partial charge in [-0.05, 0) is 18.4 Å². The van der Waals surface area contributed by atoms with Gasteiger partial charge in [0.25, 0.3) is 0 Å². The molecule has 2 rings (SSSR count). The fraction of sp³-hybridized carbons (Fsp3) is 0.250. The average Bonchev–Trinajstić information content (AvgIpc) is 2.47. The third kappa shape index (κ3) is 1.30. The van der Waals surface area contributed by atoms with Gasteiger partial charge in [0, 0.05) is 0 Å². The third-order valence-corrected chi connectivity index (χ3v) is 2.06. The van der Waals surface area contributed by atoms with Crippen molar-refractivity contribution < 1.29 is 0 Å².